The van der Waals surface area contributed by atoms with E-state index >= 15 is 0 Å². The van der Waals surface area contributed by atoms with E-state index in [1.54, 1.807) is 6.07 Å². The highest BCUT2D eigenvalue weighted by Gasteiger charge is 2.15. The van der Waals surface area contributed by atoms with E-state index in [2.05, 4.69) is 10.6 Å². The maximum Gasteiger partial charge on any atom is 0.262 e. The van der Waals surface area contributed by atoms with Gasteiger partial charge >= 0.3 is 0 Å². The number of carbonyl (C=O) groups is 1. The number of hydrogen-bond acceptors (Lipinski definition) is 5. The van der Waals surface area contributed by atoms with Crippen LogP contribution in [0, 0.1) is 6.92 Å². The third kappa shape index (κ3) is 7.49. The largest absolute Gasteiger partial charge is 0.490 e. The van der Waals surface area contributed by atoms with Crippen LogP contribution < -0.4 is 20.1 Å². The van der Waals surface area contributed by atoms with E-state index in [0.717, 1.165) is 16.7 Å². The summed E-state index contributed by atoms with van der Waals surface area (Å²) in [6, 6.07) is 20.6. The second-order valence-electron chi connectivity index (χ2n) is 7.60. The lowest BCUT2D eigenvalue weighted by Gasteiger charge is -2.16. The highest BCUT2D eigenvalue weighted by molar-refractivity contribution is 6.32. The van der Waals surface area contributed by atoms with Crippen molar-refractivity contribution in [3.63, 3.8) is 0 Å². The number of nitrogens with one attached hydrogen (secondary N) is 2. The molecule has 1 amide bonds. The monoisotopic (exact) mass is 468 g/mol. The Morgan fingerprint density at radius 2 is 1.79 bits per heavy atom. The Morgan fingerprint density at radius 3 is 2.48 bits per heavy atom. The van der Waals surface area contributed by atoms with Crippen LogP contribution in [0.5, 0.6) is 11.5 Å². The predicted molar refractivity (Wildman–Crippen MR) is 131 cm³/mol. The lowest BCUT2D eigenvalue weighted by molar-refractivity contribution is -0.118. The van der Waals surface area contributed by atoms with Crippen LogP contribution >= 0.6 is 11.6 Å². The first kappa shape index (κ1) is 24.6. The summed E-state index contributed by atoms with van der Waals surface area (Å²) < 4.78 is 11.4. The number of aliphatic hydroxyl groups is 1. The summed E-state index contributed by atoms with van der Waals surface area (Å²) in [5.41, 5.74) is 3.54. The van der Waals surface area contributed by atoms with E-state index in [-0.39, 0.29) is 12.5 Å². The van der Waals surface area contributed by atoms with Gasteiger partial charge in [-0.15, -0.1) is 0 Å². The zero-order valence-electron chi connectivity index (χ0n) is 18.8. The first-order valence-corrected chi connectivity index (χ1v) is 11.2. The second kappa shape index (κ2) is 12.3. The molecular weight excluding hydrogens is 440 g/mol. The van der Waals surface area contributed by atoms with Crippen molar-refractivity contribution in [3.05, 3.63) is 88.4 Å². The average Bonchev–Trinajstić information content (AvgIpc) is 2.81. The van der Waals surface area contributed by atoms with E-state index in [1.165, 1.54) is 0 Å². The Balaban J connectivity index is 1.59. The van der Waals surface area contributed by atoms with Gasteiger partial charge in [0.05, 0.1) is 17.7 Å². The number of hydrogen-bond donors (Lipinski definition) is 3. The van der Waals surface area contributed by atoms with Crippen LogP contribution in [0.3, 0.4) is 0 Å². The first-order valence-electron chi connectivity index (χ1n) is 10.8. The number of halogens is 1. The van der Waals surface area contributed by atoms with E-state index in [9.17, 15) is 9.90 Å². The third-order valence-electron chi connectivity index (χ3n) is 4.90. The van der Waals surface area contributed by atoms with Crippen LogP contribution in [0.25, 0.3) is 0 Å². The summed E-state index contributed by atoms with van der Waals surface area (Å²) >= 11 is 6.45. The molecule has 1 atom stereocenters. The van der Waals surface area contributed by atoms with Gasteiger partial charge < -0.3 is 25.2 Å². The van der Waals surface area contributed by atoms with Crippen LogP contribution in [-0.4, -0.2) is 30.8 Å². The Labute approximate surface area is 199 Å². The molecule has 3 rings (SSSR count). The van der Waals surface area contributed by atoms with Crippen molar-refractivity contribution in [3.8, 4) is 11.5 Å². The summed E-state index contributed by atoms with van der Waals surface area (Å²) in [7, 11) is 0. The molecule has 33 heavy (non-hydrogen) atoms. The maximum absolute atomic E-state index is 12.3. The fourth-order valence-corrected chi connectivity index (χ4v) is 3.53. The zero-order valence-corrected chi connectivity index (χ0v) is 19.6. The Hall–Kier alpha value is -3.06. The van der Waals surface area contributed by atoms with Crippen LogP contribution in [0.2, 0.25) is 5.02 Å². The lowest BCUT2D eigenvalue weighted by Crippen LogP contribution is -2.21. The van der Waals surface area contributed by atoms with Gasteiger partial charge in [-0.1, -0.05) is 59.6 Å². The molecule has 7 heteroatoms. The minimum atomic E-state index is -0.609. The number of aryl methyl sites for hydroxylation is 1. The first-order chi connectivity index (χ1) is 16.0. The van der Waals surface area contributed by atoms with Crippen LogP contribution in [0.1, 0.15) is 29.7 Å². The maximum atomic E-state index is 12.3. The molecule has 0 heterocycles. The number of ether oxygens (including phenoxy) is 2. The number of carbonyl (C=O) groups excluding carboxylic acids is 1. The number of aliphatic hydroxyl groups excluding tert-OH is 1. The van der Waals surface area contributed by atoms with Gasteiger partial charge in [0.25, 0.3) is 5.91 Å². The summed E-state index contributed by atoms with van der Waals surface area (Å²) in [6.45, 7) is 4.95. The topological polar surface area (TPSA) is 79.8 Å². The van der Waals surface area contributed by atoms with Gasteiger partial charge in [0.1, 0.15) is 0 Å². The number of benzene rings is 3. The minimum Gasteiger partial charge on any atom is -0.490 e. The van der Waals surface area contributed by atoms with Gasteiger partial charge in [-0.3, -0.25) is 4.79 Å². The van der Waals surface area contributed by atoms with Crippen molar-refractivity contribution in [2.24, 2.45) is 0 Å². The van der Waals surface area contributed by atoms with Crippen LogP contribution in [-0.2, 0) is 11.3 Å². The highest BCUT2D eigenvalue weighted by atomic mass is 35.5. The average molecular weight is 469 g/mol. The molecule has 0 fully saturated rings. The van der Waals surface area contributed by atoms with Gasteiger partial charge in [0.2, 0.25) is 0 Å². The highest BCUT2D eigenvalue weighted by Crippen LogP contribution is 2.36. The Kier molecular flexibility index (Phi) is 9.13. The molecule has 0 aliphatic carbocycles. The van der Waals surface area contributed by atoms with Crippen molar-refractivity contribution < 1.29 is 19.4 Å². The fraction of sp³-hybridized carbons (Fsp3) is 0.269. The SMILES string of the molecule is CCOc1cc(CNC[C@@H](O)c2ccccc2)cc(Cl)c1OCC(=O)Nc1ccc(C)cc1. The lowest BCUT2D eigenvalue weighted by atomic mass is 10.1. The minimum absolute atomic E-state index is 0.200. The van der Waals surface area contributed by atoms with Crippen molar-refractivity contribution in [2.75, 3.05) is 25.1 Å². The molecule has 0 aliphatic rings. The van der Waals surface area contributed by atoms with Crippen molar-refractivity contribution in [1.29, 1.82) is 0 Å². The number of rotatable bonds is 11. The van der Waals surface area contributed by atoms with Crippen molar-refractivity contribution in [2.45, 2.75) is 26.5 Å². The smallest absolute Gasteiger partial charge is 0.262 e. The third-order valence-corrected chi connectivity index (χ3v) is 5.18. The molecule has 0 radical (unpaired) electrons. The van der Waals surface area contributed by atoms with E-state index in [1.807, 2.05) is 74.5 Å². The predicted octanol–water partition coefficient (Wildman–Crippen LogP) is 4.89. The molecule has 0 unspecified atom stereocenters. The van der Waals surface area contributed by atoms with Crippen molar-refractivity contribution in [1.82, 2.24) is 5.32 Å². The van der Waals surface area contributed by atoms with Crippen LogP contribution in [0.4, 0.5) is 5.69 Å². The molecule has 0 saturated heterocycles. The van der Waals surface area contributed by atoms with Gasteiger partial charge in [-0.05, 0) is 49.2 Å². The molecule has 0 aromatic heterocycles. The summed E-state index contributed by atoms with van der Waals surface area (Å²) in [5, 5.41) is 16.7. The molecule has 3 aromatic rings. The van der Waals surface area contributed by atoms with Gasteiger partial charge in [-0.25, -0.2) is 0 Å². The summed E-state index contributed by atoms with van der Waals surface area (Å²) in [6.07, 6.45) is -0.609. The molecule has 6 nitrogen and oxygen atoms in total. The Bertz CT molecular complexity index is 1040. The molecule has 0 saturated carbocycles. The molecule has 0 aliphatic heterocycles. The second-order valence-corrected chi connectivity index (χ2v) is 8.01. The van der Waals surface area contributed by atoms with E-state index in [0.29, 0.717) is 41.9 Å². The Morgan fingerprint density at radius 1 is 1.06 bits per heavy atom. The molecule has 3 aromatic carbocycles. The molecule has 3 N–H and O–H groups in total. The summed E-state index contributed by atoms with van der Waals surface area (Å²) in [4.78, 5) is 12.3. The zero-order chi connectivity index (χ0) is 23.6. The van der Waals surface area contributed by atoms with Crippen molar-refractivity contribution >= 4 is 23.2 Å². The van der Waals surface area contributed by atoms with Gasteiger partial charge in [0.15, 0.2) is 18.1 Å². The van der Waals surface area contributed by atoms with Crippen LogP contribution in [0.15, 0.2) is 66.7 Å². The van der Waals surface area contributed by atoms with E-state index in [4.69, 9.17) is 21.1 Å². The number of amides is 1. The standard InChI is InChI=1S/C26H29ClN2O4/c1-3-32-24-14-19(15-28-16-23(30)20-7-5-4-6-8-20)13-22(27)26(24)33-17-25(31)29-21-11-9-18(2)10-12-21/h4-14,23,28,30H,3,15-17H2,1-2H3,(H,29,31)/t23-/m1/s1. The van der Waals surface area contributed by atoms with Gasteiger partial charge in [-0.2, -0.15) is 0 Å². The molecular formula is C26H29ClN2O4. The molecule has 0 spiro atoms. The molecule has 0 bridgehead atoms. The van der Waals surface area contributed by atoms with Gasteiger partial charge in [0, 0.05) is 18.8 Å². The normalized spacial score (nSPS) is 11.6. The quantitative estimate of drug-likeness (QED) is 0.373. The summed E-state index contributed by atoms with van der Waals surface area (Å²) in [5.74, 6) is 0.497. The fourth-order valence-electron chi connectivity index (χ4n) is 3.24. The molecule has 174 valence electrons. The van der Waals surface area contributed by atoms with E-state index < -0.39 is 6.10 Å². The number of anilines is 1.